The first-order chi connectivity index (χ1) is 9.97. The van der Waals surface area contributed by atoms with E-state index in [1.165, 1.54) is 0 Å². The Kier molecular flexibility index (Phi) is 5.58. The maximum Gasteiger partial charge on any atom is 0.240 e. The van der Waals surface area contributed by atoms with Crippen LogP contribution in [0.15, 0.2) is 29.2 Å². The normalized spacial score (nSPS) is 19.7. The van der Waals surface area contributed by atoms with Gasteiger partial charge in [0.05, 0.1) is 17.6 Å². The Morgan fingerprint density at radius 3 is 2.62 bits per heavy atom. The molecule has 6 nitrogen and oxygen atoms in total. The predicted octanol–water partition coefficient (Wildman–Crippen LogP) is 0.774. The third kappa shape index (κ3) is 4.96. The number of benzene rings is 1. The van der Waals surface area contributed by atoms with Crippen molar-refractivity contribution in [3.05, 3.63) is 24.3 Å². The molecule has 0 radical (unpaired) electrons. The molecule has 0 saturated carbocycles. The number of nitrogens with one attached hydrogen (secondary N) is 3. The molecule has 1 aromatic carbocycles. The topological polar surface area (TPSA) is 79.5 Å². The second-order valence-electron chi connectivity index (χ2n) is 5.38. The minimum Gasteiger partial charge on any atom is -0.382 e. The zero-order valence-electron chi connectivity index (χ0n) is 12.4. The molecular formula is C14H23N3O3S. The molecule has 7 heteroatoms. The second kappa shape index (κ2) is 7.22. The Labute approximate surface area is 126 Å². The molecule has 1 atom stereocenters. The van der Waals surface area contributed by atoms with Crippen LogP contribution >= 0.6 is 0 Å². The van der Waals surface area contributed by atoms with Crippen molar-refractivity contribution in [2.75, 3.05) is 31.6 Å². The van der Waals surface area contributed by atoms with Crippen molar-refractivity contribution in [3.63, 3.8) is 0 Å². The average molecular weight is 313 g/mol. The van der Waals surface area contributed by atoms with Gasteiger partial charge in [0, 0.05) is 31.4 Å². The summed E-state index contributed by atoms with van der Waals surface area (Å²) in [7, 11) is -3.42. The van der Waals surface area contributed by atoms with Gasteiger partial charge in [0.2, 0.25) is 10.0 Å². The van der Waals surface area contributed by atoms with Gasteiger partial charge in [0.25, 0.3) is 0 Å². The van der Waals surface area contributed by atoms with Crippen LogP contribution in [0.3, 0.4) is 0 Å². The Bertz CT molecular complexity index is 537. The van der Waals surface area contributed by atoms with E-state index in [1.54, 1.807) is 38.1 Å². The monoisotopic (exact) mass is 313 g/mol. The van der Waals surface area contributed by atoms with Crippen molar-refractivity contribution >= 4 is 15.7 Å². The van der Waals surface area contributed by atoms with Gasteiger partial charge in [-0.15, -0.1) is 0 Å². The molecule has 2 rings (SSSR count). The van der Waals surface area contributed by atoms with Gasteiger partial charge in [-0.25, -0.2) is 13.1 Å². The SMILES string of the molecule is CC(C)NS(=O)(=O)c1ccc(NCC2CNCCO2)cc1. The predicted molar refractivity (Wildman–Crippen MR) is 83.0 cm³/mol. The van der Waals surface area contributed by atoms with E-state index in [1.807, 2.05) is 0 Å². The smallest absolute Gasteiger partial charge is 0.240 e. The van der Waals surface area contributed by atoms with E-state index >= 15 is 0 Å². The van der Waals surface area contributed by atoms with Gasteiger partial charge < -0.3 is 15.4 Å². The molecule has 0 aliphatic carbocycles. The molecule has 1 heterocycles. The minimum atomic E-state index is -3.42. The fraction of sp³-hybridized carbons (Fsp3) is 0.571. The summed E-state index contributed by atoms with van der Waals surface area (Å²) >= 11 is 0. The van der Waals surface area contributed by atoms with Crippen LogP contribution in [0.2, 0.25) is 0 Å². The van der Waals surface area contributed by atoms with Crippen molar-refractivity contribution < 1.29 is 13.2 Å². The summed E-state index contributed by atoms with van der Waals surface area (Å²) in [6.45, 7) is 6.74. The van der Waals surface area contributed by atoms with E-state index in [0.717, 1.165) is 25.4 Å². The first kappa shape index (κ1) is 16.2. The summed E-state index contributed by atoms with van der Waals surface area (Å²) < 4.78 is 32.2. The minimum absolute atomic E-state index is 0.122. The van der Waals surface area contributed by atoms with Crippen LogP contribution in [0.4, 0.5) is 5.69 Å². The number of anilines is 1. The van der Waals surface area contributed by atoms with E-state index in [0.29, 0.717) is 6.54 Å². The average Bonchev–Trinajstić information content (AvgIpc) is 2.45. The van der Waals surface area contributed by atoms with E-state index in [9.17, 15) is 8.42 Å². The van der Waals surface area contributed by atoms with Gasteiger partial charge in [-0.2, -0.15) is 0 Å². The zero-order valence-corrected chi connectivity index (χ0v) is 13.2. The first-order valence-corrected chi connectivity index (χ1v) is 8.64. The van der Waals surface area contributed by atoms with Crippen LogP contribution < -0.4 is 15.4 Å². The number of rotatable bonds is 6. The van der Waals surface area contributed by atoms with Gasteiger partial charge in [0.15, 0.2) is 0 Å². The van der Waals surface area contributed by atoms with Gasteiger partial charge in [-0.1, -0.05) is 0 Å². The van der Waals surface area contributed by atoms with E-state index < -0.39 is 10.0 Å². The summed E-state index contributed by atoms with van der Waals surface area (Å²) in [4.78, 5) is 0.275. The van der Waals surface area contributed by atoms with Crippen LogP contribution in [0.5, 0.6) is 0 Å². The molecule has 1 fully saturated rings. The van der Waals surface area contributed by atoms with Gasteiger partial charge in [-0.3, -0.25) is 0 Å². The molecule has 0 spiro atoms. The fourth-order valence-electron chi connectivity index (χ4n) is 2.11. The highest BCUT2D eigenvalue weighted by Gasteiger charge is 2.15. The Hall–Kier alpha value is -1.15. The Morgan fingerprint density at radius 2 is 2.05 bits per heavy atom. The lowest BCUT2D eigenvalue weighted by Crippen LogP contribution is -2.42. The largest absolute Gasteiger partial charge is 0.382 e. The molecular weight excluding hydrogens is 290 g/mol. The molecule has 0 amide bonds. The molecule has 118 valence electrons. The van der Waals surface area contributed by atoms with Gasteiger partial charge in [0.1, 0.15) is 0 Å². The highest BCUT2D eigenvalue weighted by atomic mass is 32.2. The van der Waals surface area contributed by atoms with Gasteiger partial charge in [-0.05, 0) is 38.1 Å². The van der Waals surface area contributed by atoms with Crippen LogP contribution in [-0.2, 0) is 14.8 Å². The highest BCUT2D eigenvalue weighted by Crippen LogP contribution is 2.14. The quantitative estimate of drug-likeness (QED) is 0.723. The molecule has 1 saturated heterocycles. The lowest BCUT2D eigenvalue weighted by atomic mass is 10.2. The first-order valence-electron chi connectivity index (χ1n) is 7.16. The van der Waals surface area contributed by atoms with E-state index in [2.05, 4.69) is 15.4 Å². The van der Waals surface area contributed by atoms with Crippen molar-refractivity contribution in [1.82, 2.24) is 10.0 Å². The van der Waals surface area contributed by atoms with E-state index in [-0.39, 0.29) is 17.0 Å². The third-order valence-corrected chi connectivity index (χ3v) is 4.77. The van der Waals surface area contributed by atoms with Crippen LogP contribution in [0.1, 0.15) is 13.8 Å². The summed E-state index contributed by atoms with van der Waals surface area (Å²) in [6, 6.07) is 6.62. The number of hydrogen-bond acceptors (Lipinski definition) is 5. The fourth-order valence-corrected chi connectivity index (χ4v) is 3.36. The van der Waals surface area contributed by atoms with Crippen molar-refractivity contribution in [2.24, 2.45) is 0 Å². The molecule has 0 bridgehead atoms. The molecule has 3 N–H and O–H groups in total. The Balaban J connectivity index is 1.92. The lowest BCUT2D eigenvalue weighted by Gasteiger charge is -2.24. The number of ether oxygens (including phenoxy) is 1. The van der Waals surface area contributed by atoms with Crippen LogP contribution in [0.25, 0.3) is 0 Å². The zero-order chi connectivity index (χ0) is 15.3. The maximum atomic E-state index is 12.0. The molecule has 1 aromatic rings. The number of sulfonamides is 1. The molecule has 21 heavy (non-hydrogen) atoms. The van der Waals surface area contributed by atoms with E-state index in [4.69, 9.17) is 4.74 Å². The summed E-state index contributed by atoms with van der Waals surface area (Å²) in [6.07, 6.45) is 0.143. The van der Waals surface area contributed by atoms with Crippen LogP contribution in [-0.4, -0.2) is 46.8 Å². The Morgan fingerprint density at radius 1 is 1.33 bits per heavy atom. The molecule has 1 unspecified atom stereocenters. The van der Waals surface area contributed by atoms with Gasteiger partial charge >= 0.3 is 0 Å². The highest BCUT2D eigenvalue weighted by molar-refractivity contribution is 7.89. The van der Waals surface area contributed by atoms with Crippen molar-refractivity contribution in [3.8, 4) is 0 Å². The maximum absolute atomic E-state index is 12.0. The lowest BCUT2D eigenvalue weighted by molar-refractivity contribution is 0.0372. The molecule has 1 aliphatic heterocycles. The number of hydrogen-bond donors (Lipinski definition) is 3. The summed E-state index contributed by atoms with van der Waals surface area (Å²) in [5, 5.41) is 6.52. The van der Waals surface area contributed by atoms with Crippen molar-refractivity contribution in [1.29, 1.82) is 0 Å². The third-order valence-electron chi connectivity index (χ3n) is 3.09. The number of morpholine rings is 1. The standard InChI is InChI=1S/C14H23N3O3S/c1-11(2)17-21(18,19)14-5-3-12(4-6-14)16-10-13-9-15-7-8-20-13/h3-6,11,13,15-17H,7-10H2,1-2H3. The van der Waals surface area contributed by atoms with Crippen molar-refractivity contribution in [2.45, 2.75) is 30.9 Å². The molecule has 0 aromatic heterocycles. The summed E-state index contributed by atoms with van der Waals surface area (Å²) in [5.41, 5.74) is 0.882. The second-order valence-corrected chi connectivity index (χ2v) is 7.09. The molecule has 1 aliphatic rings. The summed E-state index contributed by atoms with van der Waals surface area (Å²) in [5.74, 6) is 0. The van der Waals surface area contributed by atoms with Crippen LogP contribution in [0, 0.1) is 0 Å².